The van der Waals surface area contributed by atoms with Gasteiger partial charge in [0.05, 0.1) is 0 Å². The van der Waals surface area contributed by atoms with Gasteiger partial charge in [-0.3, -0.25) is 4.79 Å². The maximum atomic E-state index is 11.1. The van der Waals surface area contributed by atoms with Crippen LogP contribution in [0.25, 0.3) is 0 Å². The van der Waals surface area contributed by atoms with Crippen LogP contribution in [0.4, 0.5) is 10.5 Å². The maximum Gasteiger partial charge on any atom is 0.301 e. The van der Waals surface area contributed by atoms with Crippen molar-refractivity contribution in [2.45, 2.75) is 0 Å². The standard InChI is InChI=1S/C8H8ClNOS/c1-10(8(11)12-9)7-5-3-2-4-6-7/h2-6H,1H3. The highest BCUT2D eigenvalue weighted by molar-refractivity contribution is 8.32. The number of anilines is 1. The highest BCUT2D eigenvalue weighted by Crippen LogP contribution is 2.18. The molecular formula is C8H8ClNOS. The molecule has 0 aromatic heterocycles. The SMILES string of the molecule is CN(C(=O)SCl)c1ccccc1. The lowest BCUT2D eigenvalue weighted by atomic mass is 10.3. The topological polar surface area (TPSA) is 20.3 Å². The number of carbonyl (C=O) groups is 1. The minimum absolute atomic E-state index is 0.178. The molecule has 0 aliphatic heterocycles. The van der Waals surface area contributed by atoms with Gasteiger partial charge in [0.2, 0.25) is 0 Å². The average Bonchev–Trinajstić information content (AvgIpc) is 2.17. The van der Waals surface area contributed by atoms with Gasteiger partial charge in [0.25, 0.3) is 0 Å². The molecule has 0 bridgehead atoms. The van der Waals surface area contributed by atoms with Crippen molar-refractivity contribution < 1.29 is 4.79 Å². The third kappa shape index (κ3) is 2.16. The van der Waals surface area contributed by atoms with E-state index in [0.717, 1.165) is 5.69 Å². The van der Waals surface area contributed by atoms with Crippen molar-refractivity contribution in [3.63, 3.8) is 0 Å². The van der Waals surface area contributed by atoms with Gasteiger partial charge in [0.1, 0.15) is 0 Å². The fraction of sp³-hybridized carbons (Fsp3) is 0.125. The van der Waals surface area contributed by atoms with E-state index in [0.29, 0.717) is 11.0 Å². The van der Waals surface area contributed by atoms with Crippen molar-refractivity contribution in [3.8, 4) is 0 Å². The van der Waals surface area contributed by atoms with Gasteiger partial charge in [-0.1, -0.05) is 18.2 Å². The summed E-state index contributed by atoms with van der Waals surface area (Å²) in [4.78, 5) is 12.6. The summed E-state index contributed by atoms with van der Waals surface area (Å²) < 4.78 is 0. The third-order valence-electron chi connectivity index (χ3n) is 1.48. The van der Waals surface area contributed by atoms with Crippen molar-refractivity contribution in [1.29, 1.82) is 0 Å². The zero-order valence-electron chi connectivity index (χ0n) is 6.53. The molecule has 0 radical (unpaired) electrons. The van der Waals surface area contributed by atoms with E-state index in [1.54, 1.807) is 7.05 Å². The van der Waals surface area contributed by atoms with E-state index in [1.807, 2.05) is 30.3 Å². The molecule has 1 amide bonds. The van der Waals surface area contributed by atoms with Crippen LogP contribution in [0.3, 0.4) is 0 Å². The summed E-state index contributed by atoms with van der Waals surface area (Å²) in [5.41, 5.74) is 0.843. The van der Waals surface area contributed by atoms with Crippen LogP contribution < -0.4 is 4.90 Å². The summed E-state index contributed by atoms with van der Waals surface area (Å²) in [6, 6.07) is 9.35. The summed E-state index contributed by atoms with van der Waals surface area (Å²) in [6.45, 7) is 0. The van der Waals surface area contributed by atoms with Crippen LogP contribution in [-0.2, 0) is 0 Å². The lowest BCUT2D eigenvalue weighted by molar-refractivity contribution is 0.266. The first-order chi connectivity index (χ1) is 5.75. The number of para-hydroxylation sites is 1. The van der Waals surface area contributed by atoms with E-state index in [2.05, 4.69) is 0 Å². The molecule has 1 aromatic rings. The summed E-state index contributed by atoms with van der Waals surface area (Å²) in [7, 11) is 7.70. The number of benzene rings is 1. The maximum absolute atomic E-state index is 11.1. The lowest BCUT2D eigenvalue weighted by Gasteiger charge is -2.13. The fourth-order valence-electron chi connectivity index (χ4n) is 0.809. The first kappa shape index (κ1) is 9.42. The Morgan fingerprint density at radius 3 is 2.50 bits per heavy atom. The Hall–Kier alpha value is -0.670. The first-order valence-corrected chi connectivity index (χ1v) is 5.01. The molecule has 0 spiro atoms. The van der Waals surface area contributed by atoms with Gasteiger partial charge in [-0.15, -0.1) is 0 Å². The Morgan fingerprint density at radius 1 is 1.42 bits per heavy atom. The third-order valence-corrected chi connectivity index (χ3v) is 2.29. The lowest BCUT2D eigenvalue weighted by Crippen LogP contribution is -2.20. The summed E-state index contributed by atoms with van der Waals surface area (Å²) in [6.07, 6.45) is 0. The van der Waals surface area contributed by atoms with Crippen LogP contribution in [0.1, 0.15) is 0 Å². The predicted octanol–water partition coefficient (Wildman–Crippen LogP) is 3.13. The van der Waals surface area contributed by atoms with E-state index < -0.39 is 0 Å². The number of amides is 1. The van der Waals surface area contributed by atoms with Crippen molar-refractivity contribution in [3.05, 3.63) is 30.3 Å². The van der Waals surface area contributed by atoms with Gasteiger partial charge in [-0.2, -0.15) is 0 Å². The van der Waals surface area contributed by atoms with Crippen molar-refractivity contribution in [2.75, 3.05) is 11.9 Å². The molecule has 0 N–H and O–H groups in total. The molecule has 0 aliphatic rings. The molecule has 12 heavy (non-hydrogen) atoms. The Balaban J connectivity index is 2.78. The molecule has 2 nitrogen and oxygen atoms in total. The summed E-state index contributed by atoms with van der Waals surface area (Å²) in [5, 5.41) is -0.178. The Bertz CT molecular complexity index is 265. The number of hydrogen-bond donors (Lipinski definition) is 0. The van der Waals surface area contributed by atoms with Crippen LogP contribution in [0.2, 0.25) is 0 Å². The van der Waals surface area contributed by atoms with Gasteiger partial charge in [-0.25, -0.2) is 0 Å². The number of rotatable bonds is 1. The van der Waals surface area contributed by atoms with Crippen LogP contribution >= 0.6 is 21.7 Å². The number of carbonyl (C=O) groups excluding carboxylic acids is 1. The Labute approximate surface area is 80.0 Å². The molecule has 0 heterocycles. The highest BCUT2D eigenvalue weighted by atomic mass is 35.7. The molecule has 1 rings (SSSR count). The van der Waals surface area contributed by atoms with E-state index in [9.17, 15) is 4.79 Å². The van der Waals surface area contributed by atoms with E-state index >= 15 is 0 Å². The van der Waals surface area contributed by atoms with Gasteiger partial charge in [0.15, 0.2) is 0 Å². The second kappa shape index (κ2) is 4.38. The highest BCUT2D eigenvalue weighted by Gasteiger charge is 2.08. The molecule has 1 aromatic carbocycles. The van der Waals surface area contributed by atoms with Gasteiger partial charge in [-0.05, 0) is 22.8 Å². The number of hydrogen-bond acceptors (Lipinski definition) is 2. The second-order valence-corrected chi connectivity index (χ2v) is 3.20. The van der Waals surface area contributed by atoms with Crippen LogP contribution in [0.5, 0.6) is 0 Å². The van der Waals surface area contributed by atoms with Gasteiger partial charge >= 0.3 is 5.24 Å². The van der Waals surface area contributed by atoms with Crippen LogP contribution in [-0.4, -0.2) is 12.3 Å². The van der Waals surface area contributed by atoms with Crippen molar-refractivity contribution >= 4 is 32.6 Å². The molecule has 0 unspecified atom stereocenters. The monoisotopic (exact) mass is 201 g/mol. The normalized spacial score (nSPS) is 9.50. The quantitative estimate of drug-likeness (QED) is 0.696. The minimum Gasteiger partial charge on any atom is -0.305 e. The Kier molecular flexibility index (Phi) is 3.44. The first-order valence-electron chi connectivity index (χ1n) is 3.37. The minimum atomic E-state index is -0.178. The molecule has 64 valence electrons. The summed E-state index contributed by atoms with van der Waals surface area (Å²) in [5.74, 6) is 0. The molecule has 0 aliphatic carbocycles. The zero-order valence-corrected chi connectivity index (χ0v) is 8.10. The number of halogens is 1. The largest absolute Gasteiger partial charge is 0.305 e. The molecule has 0 atom stereocenters. The zero-order chi connectivity index (χ0) is 8.97. The molecule has 0 saturated heterocycles. The second-order valence-electron chi connectivity index (χ2n) is 2.24. The van der Waals surface area contributed by atoms with Gasteiger partial charge < -0.3 is 4.90 Å². The Morgan fingerprint density at radius 2 is 2.00 bits per heavy atom. The van der Waals surface area contributed by atoms with Crippen molar-refractivity contribution in [2.24, 2.45) is 0 Å². The van der Waals surface area contributed by atoms with Crippen LogP contribution in [0, 0.1) is 0 Å². The molecule has 4 heteroatoms. The number of nitrogens with zero attached hydrogens (tertiary/aromatic N) is 1. The van der Waals surface area contributed by atoms with Crippen molar-refractivity contribution in [1.82, 2.24) is 0 Å². The fourth-order valence-corrected chi connectivity index (χ4v) is 1.33. The van der Waals surface area contributed by atoms with E-state index in [4.69, 9.17) is 10.7 Å². The average molecular weight is 202 g/mol. The van der Waals surface area contributed by atoms with Gasteiger partial charge in [0, 0.05) is 23.7 Å². The summed E-state index contributed by atoms with van der Waals surface area (Å²) >= 11 is 0. The molecule has 0 fully saturated rings. The molecule has 0 saturated carbocycles. The smallest absolute Gasteiger partial charge is 0.301 e. The van der Waals surface area contributed by atoms with E-state index in [1.165, 1.54) is 4.90 Å². The molecular weight excluding hydrogens is 194 g/mol. The predicted molar refractivity (Wildman–Crippen MR) is 53.7 cm³/mol. The van der Waals surface area contributed by atoms with Crippen LogP contribution in [0.15, 0.2) is 30.3 Å². The van der Waals surface area contributed by atoms with E-state index in [-0.39, 0.29) is 5.24 Å².